The van der Waals surface area contributed by atoms with Gasteiger partial charge in [-0.3, -0.25) is 4.99 Å². The minimum Gasteiger partial charge on any atom is -0.493 e. The number of guanidine groups is 1. The second-order valence-corrected chi connectivity index (χ2v) is 8.77. The molecule has 0 aliphatic carbocycles. The topological polar surface area (TPSA) is 79.8 Å². The normalized spacial score (nSPS) is 12.9. The summed E-state index contributed by atoms with van der Waals surface area (Å²) in [5.74, 6) is 1.65. The molecule has 0 spiro atoms. The van der Waals surface area contributed by atoms with Gasteiger partial charge in [-0.05, 0) is 50.5 Å². The van der Waals surface area contributed by atoms with Crippen molar-refractivity contribution in [3.8, 4) is 5.75 Å². The molecule has 0 aliphatic rings. The lowest BCUT2D eigenvalue weighted by atomic mass is 10.2. The summed E-state index contributed by atoms with van der Waals surface area (Å²) in [6, 6.07) is 5.58. The molecule has 0 heterocycles. The van der Waals surface area contributed by atoms with Crippen LogP contribution in [0.5, 0.6) is 5.75 Å². The van der Waals surface area contributed by atoms with E-state index in [1.54, 1.807) is 7.05 Å². The average molecular weight is 518 g/mol. The number of aryl methyl sites for hydroxylation is 1. The van der Waals surface area contributed by atoms with E-state index in [2.05, 4.69) is 15.6 Å². The third-order valence-electron chi connectivity index (χ3n) is 3.54. The summed E-state index contributed by atoms with van der Waals surface area (Å²) in [6.45, 7) is 5.18. The molecule has 1 rings (SSSR count). The molecule has 0 bridgehead atoms. The minimum atomic E-state index is -2.94. The highest BCUT2D eigenvalue weighted by molar-refractivity contribution is 14.0. The molecule has 0 saturated heterocycles. The van der Waals surface area contributed by atoms with Gasteiger partial charge < -0.3 is 15.4 Å². The molecule has 9 heteroatoms. The average Bonchev–Trinajstić information content (AvgIpc) is 2.52. The third-order valence-corrected chi connectivity index (χ3v) is 4.75. The predicted molar refractivity (Wildman–Crippen MR) is 120 cm³/mol. The van der Waals surface area contributed by atoms with Crippen molar-refractivity contribution in [2.45, 2.75) is 32.7 Å². The van der Waals surface area contributed by atoms with Crippen molar-refractivity contribution in [2.24, 2.45) is 4.99 Å². The predicted octanol–water partition coefficient (Wildman–Crippen LogP) is 3.02. The maximum Gasteiger partial charge on any atom is 0.191 e. The van der Waals surface area contributed by atoms with Crippen molar-refractivity contribution < 1.29 is 13.2 Å². The molecule has 6 nitrogen and oxygen atoms in total. The molecule has 1 atom stereocenters. The Balaban J connectivity index is 0.00000625. The van der Waals surface area contributed by atoms with E-state index in [0.717, 1.165) is 17.7 Å². The molecule has 0 saturated carbocycles. The quantitative estimate of drug-likeness (QED) is 0.228. The Labute approximate surface area is 179 Å². The maximum atomic E-state index is 11.2. The molecule has 0 fully saturated rings. The SMILES string of the molecule is CN=C(NCCCOc1ccc(Cl)cc1C)NC(C)CCS(C)(=O)=O.I. The molecule has 1 aromatic carbocycles. The smallest absolute Gasteiger partial charge is 0.191 e. The van der Waals surface area contributed by atoms with Gasteiger partial charge in [-0.15, -0.1) is 24.0 Å². The standard InChI is InChI=1S/C17H28ClN3O3S.HI/c1-13-12-15(18)6-7-16(13)24-10-5-9-20-17(19-3)21-14(2)8-11-25(4,22)23;/h6-7,12,14H,5,8-11H2,1-4H3,(H2,19,20,21);1H. The lowest BCUT2D eigenvalue weighted by molar-refractivity contribution is 0.309. The Kier molecular flexibility index (Phi) is 12.3. The van der Waals surface area contributed by atoms with Gasteiger partial charge in [0, 0.05) is 30.9 Å². The molecule has 150 valence electrons. The molecular weight excluding hydrogens is 489 g/mol. The Hall–Kier alpha value is -0.740. The molecule has 0 radical (unpaired) electrons. The van der Waals surface area contributed by atoms with Crippen LogP contribution in [0, 0.1) is 6.92 Å². The van der Waals surface area contributed by atoms with Crippen molar-refractivity contribution in [1.82, 2.24) is 10.6 Å². The summed E-state index contributed by atoms with van der Waals surface area (Å²) in [4.78, 5) is 4.14. The van der Waals surface area contributed by atoms with Crippen LogP contribution in [0.4, 0.5) is 0 Å². The van der Waals surface area contributed by atoms with Gasteiger partial charge in [0.2, 0.25) is 0 Å². The van der Waals surface area contributed by atoms with E-state index in [1.807, 2.05) is 32.0 Å². The first-order valence-corrected chi connectivity index (χ1v) is 10.7. The highest BCUT2D eigenvalue weighted by atomic mass is 127. The van der Waals surface area contributed by atoms with Gasteiger partial charge in [0.1, 0.15) is 15.6 Å². The fourth-order valence-electron chi connectivity index (χ4n) is 2.13. The molecule has 0 aromatic heterocycles. The van der Waals surface area contributed by atoms with Crippen molar-refractivity contribution in [3.05, 3.63) is 28.8 Å². The van der Waals surface area contributed by atoms with Gasteiger partial charge in [-0.2, -0.15) is 0 Å². The van der Waals surface area contributed by atoms with Crippen molar-refractivity contribution in [2.75, 3.05) is 32.2 Å². The number of benzene rings is 1. The molecular formula is C17H29ClIN3O3S. The van der Waals surface area contributed by atoms with Gasteiger partial charge in [0.15, 0.2) is 5.96 Å². The number of hydrogen-bond donors (Lipinski definition) is 2. The van der Waals surface area contributed by atoms with Crippen LogP contribution >= 0.6 is 35.6 Å². The number of ether oxygens (including phenoxy) is 1. The van der Waals surface area contributed by atoms with Gasteiger partial charge in [0.05, 0.1) is 12.4 Å². The van der Waals surface area contributed by atoms with E-state index < -0.39 is 9.84 Å². The lowest BCUT2D eigenvalue weighted by Crippen LogP contribution is -2.43. The zero-order valence-electron chi connectivity index (χ0n) is 15.7. The van der Waals surface area contributed by atoms with Crippen LogP contribution in [0.2, 0.25) is 5.02 Å². The van der Waals surface area contributed by atoms with E-state index in [9.17, 15) is 8.42 Å². The maximum absolute atomic E-state index is 11.2. The number of aliphatic imine (C=N–C) groups is 1. The zero-order chi connectivity index (χ0) is 18.9. The first-order valence-electron chi connectivity index (χ1n) is 8.25. The largest absolute Gasteiger partial charge is 0.493 e. The zero-order valence-corrected chi connectivity index (χ0v) is 19.6. The molecule has 1 unspecified atom stereocenters. The van der Waals surface area contributed by atoms with Crippen molar-refractivity contribution >= 4 is 51.4 Å². The lowest BCUT2D eigenvalue weighted by Gasteiger charge is -2.17. The highest BCUT2D eigenvalue weighted by Gasteiger charge is 2.09. The monoisotopic (exact) mass is 517 g/mol. The van der Waals surface area contributed by atoms with Gasteiger partial charge in [0.25, 0.3) is 0 Å². The van der Waals surface area contributed by atoms with Crippen LogP contribution in [0.1, 0.15) is 25.3 Å². The first kappa shape index (κ1) is 25.3. The molecule has 26 heavy (non-hydrogen) atoms. The second-order valence-electron chi connectivity index (χ2n) is 6.07. The third kappa shape index (κ3) is 11.1. The fraction of sp³-hybridized carbons (Fsp3) is 0.588. The fourth-order valence-corrected chi connectivity index (χ4v) is 3.14. The number of nitrogens with one attached hydrogen (secondary N) is 2. The van der Waals surface area contributed by atoms with E-state index in [1.165, 1.54) is 6.26 Å². The molecule has 0 amide bonds. The first-order chi connectivity index (χ1) is 11.7. The van der Waals surface area contributed by atoms with Crippen LogP contribution in [-0.4, -0.2) is 52.6 Å². The summed E-state index contributed by atoms with van der Waals surface area (Å²) < 4.78 is 28.1. The Morgan fingerprint density at radius 3 is 2.65 bits per heavy atom. The Morgan fingerprint density at radius 2 is 2.08 bits per heavy atom. The Bertz CT molecular complexity index is 684. The van der Waals surface area contributed by atoms with Gasteiger partial charge >= 0.3 is 0 Å². The Morgan fingerprint density at radius 1 is 1.38 bits per heavy atom. The van der Waals surface area contributed by atoms with Crippen molar-refractivity contribution in [1.29, 1.82) is 0 Å². The van der Waals surface area contributed by atoms with Crippen LogP contribution in [0.15, 0.2) is 23.2 Å². The summed E-state index contributed by atoms with van der Waals surface area (Å²) in [5.41, 5.74) is 1.01. The summed E-state index contributed by atoms with van der Waals surface area (Å²) >= 11 is 5.92. The summed E-state index contributed by atoms with van der Waals surface area (Å²) in [6.07, 6.45) is 2.59. The van der Waals surface area contributed by atoms with E-state index >= 15 is 0 Å². The molecule has 0 aliphatic heterocycles. The number of rotatable bonds is 9. The summed E-state index contributed by atoms with van der Waals surface area (Å²) in [7, 11) is -1.26. The number of halogens is 2. The van der Waals surface area contributed by atoms with Crippen LogP contribution in [-0.2, 0) is 9.84 Å². The van der Waals surface area contributed by atoms with Gasteiger partial charge in [-0.25, -0.2) is 8.42 Å². The molecule has 2 N–H and O–H groups in total. The number of sulfone groups is 1. The van der Waals surface area contributed by atoms with Crippen LogP contribution in [0.3, 0.4) is 0 Å². The second kappa shape index (κ2) is 12.6. The number of nitrogens with zero attached hydrogens (tertiary/aromatic N) is 1. The van der Waals surface area contributed by atoms with E-state index in [-0.39, 0.29) is 35.8 Å². The van der Waals surface area contributed by atoms with Crippen LogP contribution in [0.25, 0.3) is 0 Å². The van der Waals surface area contributed by atoms with E-state index in [0.29, 0.717) is 30.6 Å². The number of hydrogen-bond acceptors (Lipinski definition) is 4. The highest BCUT2D eigenvalue weighted by Crippen LogP contribution is 2.21. The van der Waals surface area contributed by atoms with Gasteiger partial charge in [-0.1, -0.05) is 11.6 Å². The summed E-state index contributed by atoms with van der Waals surface area (Å²) in [5, 5.41) is 7.08. The minimum absolute atomic E-state index is 0. The van der Waals surface area contributed by atoms with Crippen LogP contribution < -0.4 is 15.4 Å². The van der Waals surface area contributed by atoms with E-state index in [4.69, 9.17) is 16.3 Å². The van der Waals surface area contributed by atoms with Crippen molar-refractivity contribution in [3.63, 3.8) is 0 Å². The molecule has 1 aromatic rings.